The largest absolute Gasteiger partial charge is 0.261 e. The van der Waals surface area contributed by atoms with Crippen molar-refractivity contribution in [2.75, 3.05) is 5.75 Å². The molecule has 0 amide bonds. The first-order chi connectivity index (χ1) is 5.33. The van der Waals surface area contributed by atoms with E-state index in [4.69, 9.17) is 0 Å². The predicted molar refractivity (Wildman–Crippen MR) is 49.7 cm³/mol. The van der Waals surface area contributed by atoms with Gasteiger partial charge < -0.3 is 0 Å². The molecule has 0 spiro atoms. The molecule has 1 heterocycles. The van der Waals surface area contributed by atoms with Crippen molar-refractivity contribution >= 4 is 18.7 Å². The number of hydrogen-bond donors (Lipinski definition) is 1. The predicted octanol–water partition coefficient (Wildman–Crippen LogP) is 1.73. The van der Waals surface area contributed by atoms with E-state index >= 15 is 0 Å². The van der Waals surface area contributed by atoms with Gasteiger partial charge in [0.25, 0.3) is 0 Å². The summed E-state index contributed by atoms with van der Waals surface area (Å²) in [6, 6.07) is 0. The summed E-state index contributed by atoms with van der Waals surface area (Å²) in [5, 5.41) is 0. The van der Waals surface area contributed by atoms with E-state index in [1.807, 2.05) is 19.1 Å². The Hall–Kier alpha value is -0.830. The van der Waals surface area contributed by atoms with Crippen LogP contribution in [-0.4, -0.2) is 15.7 Å². The molecule has 0 N–H and O–H groups in total. The molecule has 0 bridgehead atoms. The maximum atomic E-state index is 4.23. The molecule has 0 saturated carbocycles. The topological polar surface area (TPSA) is 25.8 Å². The van der Waals surface area contributed by atoms with Crippen LogP contribution >= 0.6 is 12.6 Å². The molecule has 1 aromatic rings. The van der Waals surface area contributed by atoms with E-state index in [0.29, 0.717) is 0 Å². The zero-order valence-electron chi connectivity index (χ0n) is 6.36. The van der Waals surface area contributed by atoms with E-state index in [9.17, 15) is 0 Å². The van der Waals surface area contributed by atoms with Gasteiger partial charge in [0.05, 0.1) is 17.6 Å². The van der Waals surface area contributed by atoms with E-state index in [1.54, 1.807) is 12.4 Å². The van der Waals surface area contributed by atoms with Gasteiger partial charge in [-0.2, -0.15) is 12.6 Å². The lowest BCUT2D eigenvalue weighted by Crippen LogP contribution is -1.86. The number of rotatable bonds is 2. The fraction of sp³-hybridized carbons (Fsp3) is 0.250. The summed E-state index contributed by atoms with van der Waals surface area (Å²) < 4.78 is 0. The minimum Gasteiger partial charge on any atom is -0.261 e. The molecular weight excluding hydrogens is 156 g/mol. The van der Waals surface area contributed by atoms with Gasteiger partial charge in [0, 0.05) is 11.9 Å². The molecule has 2 nitrogen and oxygen atoms in total. The molecule has 0 saturated heterocycles. The Morgan fingerprint density at radius 3 is 3.00 bits per heavy atom. The first-order valence-electron chi connectivity index (χ1n) is 3.39. The van der Waals surface area contributed by atoms with Gasteiger partial charge in [0.1, 0.15) is 0 Å². The molecule has 0 fully saturated rings. The van der Waals surface area contributed by atoms with Gasteiger partial charge in [-0.05, 0) is 13.0 Å². The lowest BCUT2D eigenvalue weighted by Gasteiger charge is -1.92. The maximum absolute atomic E-state index is 4.23. The van der Waals surface area contributed by atoms with Gasteiger partial charge in [-0.25, -0.2) is 0 Å². The van der Waals surface area contributed by atoms with E-state index in [-0.39, 0.29) is 0 Å². The minimum atomic E-state index is 0.732. The van der Waals surface area contributed by atoms with Gasteiger partial charge >= 0.3 is 0 Å². The highest BCUT2D eigenvalue weighted by Crippen LogP contribution is 1.97. The summed E-state index contributed by atoms with van der Waals surface area (Å²) in [5.74, 6) is 0.732. The van der Waals surface area contributed by atoms with Crippen LogP contribution in [0.4, 0.5) is 0 Å². The molecule has 0 radical (unpaired) electrons. The molecule has 1 rings (SSSR count). The lowest BCUT2D eigenvalue weighted by atomic mass is 10.4. The van der Waals surface area contributed by atoms with Crippen molar-refractivity contribution in [2.45, 2.75) is 6.92 Å². The monoisotopic (exact) mass is 166 g/mol. The number of hydrogen-bond acceptors (Lipinski definition) is 3. The minimum absolute atomic E-state index is 0.732. The zero-order valence-corrected chi connectivity index (χ0v) is 7.25. The lowest BCUT2D eigenvalue weighted by molar-refractivity contribution is 1.10. The second-order valence-corrected chi connectivity index (χ2v) is 2.54. The van der Waals surface area contributed by atoms with Crippen LogP contribution in [-0.2, 0) is 0 Å². The maximum Gasteiger partial charge on any atom is 0.0813 e. The fourth-order valence-electron chi connectivity index (χ4n) is 0.737. The van der Waals surface area contributed by atoms with Gasteiger partial charge in [0.15, 0.2) is 0 Å². The SMILES string of the molecule is Cc1cncc(C=CCS)n1. The molecule has 0 aliphatic carbocycles. The van der Waals surface area contributed by atoms with Crippen molar-refractivity contribution in [1.82, 2.24) is 9.97 Å². The van der Waals surface area contributed by atoms with E-state index in [2.05, 4.69) is 22.6 Å². The summed E-state index contributed by atoms with van der Waals surface area (Å²) in [4.78, 5) is 8.23. The van der Waals surface area contributed by atoms with Gasteiger partial charge in [0.2, 0.25) is 0 Å². The number of aromatic nitrogens is 2. The Morgan fingerprint density at radius 2 is 2.36 bits per heavy atom. The van der Waals surface area contributed by atoms with E-state index < -0.39 is 0 Å². The highest BCUT2D eigenvalue weighted by molar-refractivity contribution is 7.80. The average Bonchev–Trinajstić information content (AvgIpc) is 2.01. The van der Waals surface area contributed by atoms with Crippen molar-refractivity contribution in [3.63, 3.8) is 0 Å². The molecule has 3 heteroatoms. The molecule has 0 unspecified atom stereocenters. The van der Waals surface area contributed by atoms with E-state index in [1.165, 1.54) is 0 Å². The molecule has 11 heavy (non-hydrogen) atoms. The molecule has 1 aromatic heterocycles. The van der Waals surface area contributed by atoms with Crippen LogP contribution in [0.15, 0.2) is 18.5 Å². The summed E-state index contributed by atoms with van der Waals surface area (Å²) in [7, 11) is 0. The average molecular weight is 166 g/mol. The van der Waals surface area contributed by atoms with Gasteiger partial charge in [-0.15, -0.1) is 0 Å². The molecule has 0 aromatic carbocycles. The summed E-state index contributed by atoms with van der Waals surface area (Å²) in [5.41, 5.74) is 1.82. The fourth-order valence-corrected chi connectivity index (χ4v) is 0.842. The third kappa shape index (κ3) is 2.72. The third-order valence-electron chi connectivity index (χ3n) is 1.17. The molecule has 0 aliphatic rings. The van der Waals surface area contributed by atoms with Crippen molar-refractivity contribution in [1.29, 1.82) is 0 Å². The highest BCUT2D eigenvalue weighted by Gasteiger charge is 1.87. The van der Waals surface area contributed by atoms with E-state index in [0.717, 1.165) is 17.1 Å². The second-order valence-electron chi connectivity index (χ2n) is 2.17. The Balaban J connectivity index is 2.79. The summed E-state index contributed by atoms with van der Waals surface area (Å²) in [6.45, 7) is 1.92. The Labute approximate surface area is 71.8 Å². The Kier molecular flexibility index (Phi) is 3.11. The van der Waals surface area contributed by atoms with Crippen LogP contribution in [0.2, 0.25) is 0 Å². The third-order valence-corrected chi connectivity index (χ3v) is 1.38. The second kappa shape index (κ2) is 4.13. The first-order valence-corrected chi connectivity index (χ1v) is 4.02. The Morgan fingerprint density at radius 1 is 1.55 bits per heavy atom. The van der Waals surface area contributed by atoms with Crippen molar-refractivity contribution < 1.29 is 0 Å². The van der Waals surface area contributed by atoms with Crippen LogP contribution in [0.1, 0.15) is 11.4 Å². The van der Waals surface area contributed by atoms with Crippen LogP contribution in [0.5, 0.6) is 0 Å². The molecule has 58 valence electrons. The molecule has 0 atom stereocenters. The number of aryl methyl sites for hydroxylation is 1. The highest BCUT2D eigenvalue weighted by atomic mass is 32.1. The number of nitrogens with zero attached hydrogens (tertiary/aromatic N) is 2. The Bertz CT molecular complexity index is 258. The first kappa shape index (κ1) is 8.27. The van der Waals surface area contributed by atoms with Gasteiger partial charge in [-0.3, -0.25) is 9.97 Å². The van der Waals surface area contributed by atoms with Crippen LogP contribution in [0.25, 0.3) is 6.08 Å². The quantitative estimate of drug-likeness (QED) is 0.677. The van der Waals surface area contributed by atoms with Gasteiger partial charge in [-0.1, -0.05) is 6.08 Å². The van der Waals surface area contributed by atoms with Crippen molar-refractivity contribution in [2.24, 2.45) is 0 Å². The van der Waals surface area contributed by atoms with Crippen molar-refractivity contribution in [3.05, 3.63) is 29.9 Å². The molecular formula is C8H10N2S. The summed E-state index contributed by atoms with van der Waals surface area (Å²) >= 11 is 4.04. The zero-order chi connectivity index (χ0) is 8.10. The summed E-state index contributed by atoms with van der Waals surface area (Å²) in [6.07, 6.45) is 7.31. The normalized spacial score (nSPS) is 10.7. The van der Waals surface area contributed by atoms with Crippen LogP contribution < -0.4 is 0 Å². The van der Waals surface area contributed by atoms with Crippen LogP contribution in [0, 0.1) is 6.92 Å². The number of thiol groups is 1. The van der Waals surface area contributed by atoms with Crippen LogP contribution in [0.3, 0.4) is 0 Å². The molecule has 0 aliphatic heterocycles. The standard InChI is InChI=1S/C8H10N2S/c1-7-5-9-6-8(10-7)3-2-4-11/h2-3,5-6,11H,4H2,1H3. The van der Waals surface area contributed by atoms with Crippen molar-refractivity contribution in [3.8, 4) is 0 Å². The smallest absolute Gasteiger partial charge is 0.0813 e.